The van der Waals surface area contributed by atoms with Gasteiger partial charge in [0.2, 0.25) is 5.91 Å². The SMILES string of the molecule is CCN(Cc1cc(C(F)(F)F)ccc1-c1cc(CON)ccc1OC)C(=O)C1CC1. The van der Waals surface area contributed by atoms with E-state index >= 15 is 0 Å². The highest BCUT2D eigenvalue weighted by molar-refractivity contribution is 5.81. The number of carbonyl (C=O) groups excluding carboxylic acids is 1. The van der Waals surface area contributed by atoms with E-state index < -0.39 is 11.7 Å². The zero-order valence-electron chi connectivity index (χ0n) is 17.0. The van der Waals surface area contributed by atoms with E-state index in [1.165, 1.54) is 13.2 Å². The van der Waals surface area contributed by atoms with Gasteiger partial charge in [0, 0.05) is 24.6 Å². The molecule has 162 valence electrons. The Hall–Kier alpha value is -2.58. The summed E-state index contributed by atoms with van der Waals surface area (Å²) in [4.78, 5) is 18.9. The van der Waals surface area contributed by atoms with Crippen LogP contribution in [0.15, 0.2) is 36.4 Å². The van der Waals surface area contributed by atoms with Crippen molar-refractivity contribution < 1.29 is 27.5 Å². The van der Waals surface area contributed by atoms with Gasteiger partial charge in [0.05, 0.1) is 19.3 Å². The largest absolute Gasteiger partial charge is 0.496 e. The van der Waals surface area contributed by atoms with Gasteiger partial charge in [-0.15, -0.1) is 0 Å². The molecule has 0 spiro atoms. The normalized spacial score (nSPS) is 13.9. The highest BCUT2D eigenvalue weighted by Gasteiger charge is 2.34. The first-order chi connectivity index (χ1) is 14.3. The molecule has 30 heavy (non-hydrogen) atoms. The lowest BCUT2D eigenvalue weighted by Crippen LogP contribution is -2.31. The smallest absolute Gasteiger partial charge is 0.416 e. The maximum Gasteiger partial charge on any atom is 0.416 e. The average Bonchev–Trinajstić information content (AvgIpc) is 3.56. The Morgan fingerprint density at radius 1 is 1.17 bits per heavy atom. The van der Waals surface area contributed by atoms with Crippen LogP contribution in [0.5, 0.6) is 5.75 Å². The Morgan fingerprint density at radius 3 is 2.47 bits per heavy atom. The fraction of sp³-hybridized carbons (Fsp3) is 0.409. The summed E-state index contributed by atoms with van der Waals surface area (Å²) >= 11 is 0. The van der Waals surface area contributed by atoms with E-state index in [2.05, 4.69) is 0 Å². The highest BCUT2D eigenvalue weighted by Crippen LogP contribution is 2.38. The Bertz CT molecular complexity index is 911. The Kier molecular flexibility index (Phi) is 6.67. The predicted molar refractivity (Wildman–Crippen MR) is 106 cm³/mol. The number of hydrogen-bond donors (Lipinski definition) is 1. The summed E-state index contributed by atoms with van der Waals surface area (Å²) in [6.07, 6.45) is -2.82. The van der Waals surface area contributed by atoms with Crippen LogP contribution in [0.1, 0.15) is 36.5 Å². The molecule has 8 heteroatoms. The van der Waals surface area contributed by atoms with Gasteiger partial charge in [-0.2, -0.15) is 13.2 Å². The molecule has 5 nitrogen and oxygen atoms in total. The minimum Gasteiger partial charge on any atom is -0.496 e. The molecule has 0 saturated heterocycles. The third-order valence-corrected chi connectivity index (χ3v) is 5.22. The first kappa shape index (κ1) is 22.1. The van der Waals surface area contributed by atoms with Crippen LogP contribution in [0.25, 0.3) is 11.1 Å². The maximum atomic E-state index is 13.4. The lowest BCUT2D eigenvalue weighted by molar-refractivity contribution is -0.137. The summed E-state index contributed by atoms with van der Waals surface area (Å²) in [5, 5.41) is 0. The molecule has 0 atom stereocenters. The third kappa shape index (κ3) is 4.94. The van der Waals surface area contributed by atoms with Crippen molar-refractivity contribution in [3.8, 4) is 16.9 Å². The van der Waals surface area contributed by atoms with Gasteiger partial charge in [-0.1, -0.05) is 12.1 Å². The van der Waals surface area contributed by atoms with Gasteiger partial charge >= 0.3 is 6.18 Å². The summed E-state index contributed by atoms with van der Waals surface area (Å²) in [5.41, 5.74) is 1.59. The van der Waals surface area contributed by atoms with Crippen LogP contribution in [-0.4, -0.2) is 24.5 Å². The topological polar surface area (TPSA) is 64.8 Å². The van der Waals surface area contributed by atoms with Crippen molar-refractivity contribution in [1.29, 1.82) is 0 Å². The van der Waals surface area contributed by atoms with Crippen molar-refractivity contribution in [3.05, 3.63) is 53.1 Å². The summed E-state index contributed by atoms with van der Waals surface area (Å²) < 4.78 is 45.6. The highest BCUT2D eigenvalue weighted by atomic mass is 19.4. The van der Waals surface area contributed by atoms with Gasteiger partial charge in [0.15, 0.2) is 0 Å². The molecule has 0 aromatic heterocycles. The van der Waals surface area contributed by atoms with Gasteiger partial charge in [0.1, 0.15) is 5.75 Å². The number of ether oxygens (including phenoxy) is 1. The van der Waals surface area contributed by atoms with Crippen molar-refractivity contribution in [2.75, 3.05) is 13.7 Å². The molecular weight excluding hydrogens is 397 g/mol. The third-order valence-electron chi connectivity index (χ3n) is 5.22. The maximum absolute atomic E-state index is 13.4. The van der Waals surface area contributed by atoms with Crippen LogP contribution < -0.4 is 10.6 Å². The molecule has 0 radical (unpaired) electrons. The van der Waals surface area contributed by atoms with Crippen molar-refractivity contribution >= 4 is 5.91 Å². The number of nitrogens with two attached hydrogens (primary N) is 1. The molecule has 0 unspecified atom stereocenters. The minimum absolute atomic E-state index is 0.0150. The number of nitrogens with zero attached hydrogens (tertiary/aromatic N) is 1. The van der Waals surface area contributed by atoms with Crippen LogP contribution in [0.4, 0.5) is 13.2 Å². The fourth-order valence-electron chi connectivity index (χ4n) is 3.45. The number of benzene rings is 2. The lowest BCUT2D eigenvalue weighted by atomic mass is 9.94. The fourth-order valence-corrected chi connectivity index (χ4v) is 3.45. The van der Waals surface area contributed by atoms with E-state index in [0.29, 0.717) is 29.0 Å². The summed E-state index contributed by atoms with van der Waals surface area (Å²) in [6, 6.07) is 8.86. The average molecular weight is 422 g/mol. The van der Waals surface area contributed by atoms with Crippen LogP contribution in [0.3, 0.4) is 0 Å². The molecule has 0 heterocycles. The number of halogens is 3. The predicted octanol–water partition coefficient (Wildman–Crippen LogP) is 4.53. The van der Waals surface area contributed by atoms with Crippen LogP contribution in [0, 0.1) is 5.92 Å². The second-order valence-electron chi connectivity index (χ2n) is 7.34. The second-order valence-corrected chi connectivity index (χ2v) is 7.34. The Morgan fingerprint density at radius 2 is 1.90 bits per heavy atom. The van der Waals surface area contributed by atoms with E-state index in [4.69, 9.17) is 15.5 Å². The summed E-state index contributed by atoms with van der Waals surface area (Å²) in [7, 11) is 1.50. The zero-order chi connectivity index (χ0) is 21.9. The number of rotatable bonds is 8. The molecule has 2 aromatic rings. The zero-order valence-corrected chi connectivity index (χ0v) is 17.0. The van der Waals surface area contributed by atoms with Gasteiger partial charge in [0.25, 0.3) is 0 Å². The molecule has 2 aromatic carbocycles. The van der Waals surface area contributed by atoms with Crippen molar-refractivity contribution in [3.63, 3.8) is 0 Å². The van der Waals surface area contributed by atoms with Gasteiger partial charge in [-0.25, -0.2) is 5.90 Å². The monoisotopic (exact) mass is 422 g/mol. The first-order valence-corrected chi connectivity index (χ1v) is 9.76. The van der Waals surface area contributed by atoms with Gasteiger partial charge in [-0.3, -0.25) is 9.63 Å². The summed E-state index contributed by atoms with van der Waals surface area (Å²) in [5.74, 6) is 5.65. The van der Waals surface area contributed by atoms with E-state index in [0.717, 1.165) is 30.5 Å². The van der Waals surface area contributed by atoms with Crippen LogP contribution in [0.2, 0.25) is 0 Å². The number of amides is 1. The quantitative estimate of drug-likeness (QED) is 0.635. The van der Waals surface area contributed by atoms with E-state index in [9.17, 15) is 18.0 Å². The Labute approximate surface area is 173 Å². The molecule has 0 bridgehead atoms. The van der Waals surface area contributed by atoms with Crippen molar-refractivity contribution in [2.24, 2.45) is 11.8 Å². The van der Waals surface area contributed by atoms with E-state index in [1.54, 1.807) is 23.1 Å². The van der Waals surface area contributed by atoms with Gasteiger partial charge < -0.3 is 9.64 Å². The number of carbonyl (C=O) groups is 1. The molecular formula is C22H25F3N2O3. The Balaban J connectivity index is 2.09. The lowest BCUT2D eigenvalue weighted by Gasteiger charge is -2.24. The molecule has 1 aliphatic rings. The number of alkyl halides is 3. The van der Waals surface area contributed by atoms with Crippen LogP contribution in [-0.2, 0) is 29.0 Å². The second kappa shape index (κ2) is 9.06. The molecule has 1 fully saturated rings. The van der Waals surface area contributed by atoms with Crippen molar-refractivity contribution in [1.82, 2.24) is 4.90 Å². The van der Waals surface area contributed by atoms with E-state index in [1.807, 2.05) is 6.92 Å². The standard InChI is InChI=1S/C22H25F3N2O3/c1-3-27(21(28)15-5-6-15)12-16-11-17(22(23,24)25)7-8-18(16)19-10-14(13-30-26)4-9-20(19)29-2/h4,7-11,15H,3,5-6,12-13,26H2,1-2H3. The van der Waals surface area contributed by atoms with Gasteiger partial charge in [-0.05, 0) is 60.7 Å². The molecule has 1 amide bonds. The minimum atomic E-state index is -4.48. The molecule has 3 rings (SSSR count). The molecule has 0 aliphatic heterocycles. The number of hydrogen-bond acceptors (Lipinski definition) is 4. The molecule has 1 aliphatic carbocycles. The van der Waals surface area contributed by atoms with E-state index in [-0.39, 0.29) is 25.0 Å². The number of methoxy groups -OCH3 is 1. The van der Waals surface area contributed by atoms with Crippen molar-refractivity contribution in [2.45, 2.75) is 39.1 Å². The van der Waals surface area contributed by atoms with Crippen LogP contribution >= 0.6 is 0 Å². The molecule has 1 saturated carbocycles. The summed E-state index contributed by atoms with van der Waals surface area (Å²) in [6.45, 7) is 2.48. The first-order valence-electron chi connectivity index (χ1n) is 9.76. The molecule has 2 N–H and O–H groups in total.